The van der Waals surface area contributed by atoms with E-state index in [0.717, 1.165) is 18.2 Å². The van der Waals surface area contributed by atoms with Crippen molar-refractivity contribution < 1.29 is 36.9 Å². The Bertz CT molecular complexity index is 908. The van der Waals surface area contributed by atoms with E-state index in [2.05, 4.69) is 0 Å². The van der Waals surface area contributed by atoms with Gasteiger partial charge in [0.25, 0.3) is 0 Å². The lowest BCUT2D eigenvalue weighted by molar-refractivity contribution is -0.187. The molecule has 0 saturated carbocycles. The normalized spacial score (nSPS) is 16.3. The van der Waals surface area contributed by atoms with Crippen molar-refractivity contribution in [3.8, 4) is 17.2 Å². The van der Waals surface area contributed by atoms with Gasteiger partial charge in [0.05, 0.1) is 10.6 Å². The van der Waals surface area contributed by atoms with Crippen LogP contribution in [0.3, 0.4) is 0 Å². The maximum absolute atomic E-state index is 13.7. The molecule has 2 aromatic rings. The lowest BCUT2D eigenvalue weighted by atomic mass is 10.0. The van der Waals surface area contributed by atoms with Crippen molar-refractivity contribution in [3.63, 3.8) is 0 Å². The Morgan fingerprint density at radius 3 is 2.50 bits per heavy atom. The van der Waals surface area contributed by atoms with Crippen molar-refractivity contribution in [3.05, 3.63) is 58.4 Å². The molecule has 0 fully saturated rings. The van der Waals surface area contributed by atoms with E-state index in [9.17, 15) is 22.4 Å². The van der Waals surface area contributed by atoms with Crippen LogP contribution >= 0.6 is 11.6 Å². The van der Waals surface area contributed by atoms with Crippen molar-refractivity contribution in [2.75, 3.05) is 0 Å². The number of carboxylic acid groups (broad SMARTS) is 1. The van der Waals surface area contributed by atoms with Crippen molar-refractivity contribution in [1.29, 1.82) is 0 Å². The van der Waals surface area contributed by atoms with Gasteiger partial charge in [0.15, 0.2) is 11.6 Å². The van der Waals surface area contributed by atoms with Gasteiger partial charge in [-0.2, -0.15) is 13.2 Å². The number of hydrogen-bond donors (Lipinski definition) is 1. The minimum Gasteiger partial charge on any atom is -0.478 e. The highest BCUT2D eigenvalue weighted by molar-refractivity contribution is 6.32. The first-order valence-electron chi connectivity index (χ1n) is 7.11. The highest BCUT2D eigenvalue weighted by atomic mass is 35.5. The fourth-order valence-corrected chi connectivity index (χ4v) is 2.55. The largest absolute Gasteiger partial charge is 0.478 e. The van der Waals surface area contributed by atoms with Crippen LogP contribution in [-0.4, -0.2) is 23.4 Å². The van der Waals surface area contributed by atoms with Crippen LogP contribution in [0, 0.1) is 5.82 Å². The second-order valence-electron chi connectivity index (χ2n) is 5.30. The van der Waals surface area contributed by atoms with Crippen LogP contribution in [-0.2, 0) is 4.79 Å². The van der Waals surface area contributed by atoms with E-state index in [1.807, 2.05) is 0 Å². The van der Waals surface area contributed by atoms with Gasteiger partial charge in [-0.1, -0.05) is 23.7 Å². The fraction of sp³-hybridized carbons (Fsp3) is 0.118. The van der Waals surface area contributed by atoms with Crippen molar-refractivity contribution in [2.45, 2.75) is 12.3 Å². The molecule has 0 amide bonds. The van der Waals surface area contributed by atoms with E-state index in [1.54, 1.807) is 0 Å². The minimum atomic E-state index is -4.94. The molecule has 9 heteroatoms. The third-order valence-corrected chi connectivity index (χ3v) is 3.80. The van der Waals surface area contributed by atoms with Gasteiger partial charge in [0, 0.05) is 11.6 Å². The van der Waals surface area contributed by atoms with E-state index in [0.29, 0.717) is 0 Å². The number of halogens is 5. The van der Waals surface area contributed by atoms with Crippen molar-refractivity contribution >= 4 is 23.6 Å². The highest BCUT2D eigenvalue weighted by Gasteiger charge is 2.48. The molecule has 0 saturated heterocycles. The molecule has 26 heavy (non-hydrogen) atoms. The number of ether oxygens (including phenoxy) is 2. The number of alkyl halides is 3. The van der Waals surface area contributed by atoms with Crippen LogP contribution in [0.5, 0.6) is 17.2 Å². The number of hydrogen-bond acceptors (Lipinski definition) is 3. The number of aliphatic carboxylic acids is 1. The molecule has 2 aromatic carbocycles. The van der Waals surface area contributed by atoms with E-state index < -0.39 is 29.6 Å². The first kappa shape index (κ1) is 18.1. The van der Waals surface area contributed by atoms with E-state index in [1.165, 1.54) is 24.3 Å². The van der Waals surface area contributed by atoms with Gasteiger partial charge in [-0.3, -0.25) is 0 Å². The number of carbonyl (C=O) groups is 1. The molecular weight excluding hydrogens is 380 g/mol. The standard InChI is InChI=1S/C17H9ClF4O4/c18-10-6-8-5-9(16(23)24)15(17(20,21)22)26-13(8)7-14(10)25-12-4-2-1-3-11(12)19/h1-7,15H,(H,23,24). The lowest BCUT2D eigenvalue weighted by Gasteiger charge is -2.27. The van der Waals surface area contributed by atoms with Gasteiger partial charge in [-0.25, -0.2) is 9.18 Å². The summed E-state index contributed by atoms with van der Waals surface area (Å²) in [7, 11) is 0. The summed E-state index contributed by atoms with van der Waals surface area (Å²) in [5.41, 5.74) is -0.933. The van der Waals surface area contributed by atoms with E-state index >= 15 is 0 Å². The number of benzene rings is 2. The molecule has 136 valence electrons. The summed E-state index contributed by atoms with van der Waals surface area (Å²) in [6, 6.07) is 7.63. The second-order valence-corrected chi connectivity index (χ2v) is 5.70. The van der Waals surface area contributed by atoms with Gasteiger partial charge >= 0.3 is 12.1 Å². The maximum atomic E-state index is 13.7. The van der Waals surface area contributed by atoms with Gasteiger partial charge in [-0.15, -0.1) is 0 Å². The summed E-state index contributed by atoms with van der Waals surface area (Å²) in [5, 5.41) is 8.95. The smallest absolute Gasteiger partial charge is 0.430 e. The quantitative estimate of drug-likeness (QED) is 0.746. The van der Waals surface area contributed by atoms with Gasteiger partial charge in [0.1, 0.15) is 11.5 Å². The van der Waals surface area contributed by atoms with Gasteiger partial charge in [0.2, 0.25) is 6.10 Å². The van der Waals surface area contributed by atoms with Crippen LogP contribution in [0.15, 0.2) is 42.0 Å². The molecule has 0 aliphatic carbocycles. The molecule has 1 heterocycles. The Labute approximate surface area is 149 Å². The number of carboxylic acids is 1. The fourth-order valence-electron chi connectivity index (χ4n) is 2.34. The molecular formula is C17H9ClF4O4. The van der Waals surface area contributed by atoms with Crippen molar-refractivity contribution in [1.82, 2.24) is 0 Å². The summed E-state index contributed by atoms with van der Waals surface area (Å²) in [6.45, 7) is 0. The summed E-state index contributed by atoms with van der Waals surface area (Å²) in [5.74, 6) is -3.06. The van der Waals surface area contributed by atoms with Crippen LogP contribution < -0.4 is 9.47 Å². The van der Waals surface area contributed by atoms with Gasteiger partial charge < -0.3 is 14.6 Å². The topological polar surface area (TPSA) is 55.8 Å². The Kier molecular flexibility index (Phi) is 4.53. The average molecular weight is 389 g/mol. The number of fused-ring (bicyclic) bond motifs is 1. The molecule has 1 N–H and O–H groups in total. The van der Waals surface area contributed by atoms with Crippen LogP contribution in [0.25, 0.3) is 6.08 Å². The zero-order valence-electron chi connectivity index (χ0n) is 12.7. The Balaban J connectivity index is 2.03. The zero-order valence-corrected chi connectivity index (χ0v) is 13.4. The lowest BCUT2D eigenvalue weighted by Crippen LogP contribution is -2.40. The Morgan fingerprint density at radius 1 is 1.19 bits per heavy atom. The molecule has 1 atom stereocenters. The molecule has 0 aromatic heterocycles. The predicted octanol–water partition coefficient (Wildman–Crippen LogP) is 5.06. The second kappa shape index (κ2) is 6.53. The first-order valence-corrected chi connectivity index (χ1v) is 7.49. The molecule has 0 spiro atoms. The van der Waals surface area contributed by atoms with Crippen LogP contribution in [0.1, 0.15) is 5.56 Å². The molecule has 3 rings (SSSR count). The summed E-state index contributed by atoms with van der Waals surface area (Å²) >= 11 is 6.02. The monoisotopic (exact) mass is 388 g/mol. The van der Waals surface area contributed by atoms with E-state index in [-0.39, 0.29) is 27.8 Å². The third-order valence-electron chi connectivity index (χ3n) is 3.50. The molecule has 1 aliphatic rings. The highest BCUT2D eigenvalue weighted by Crippen LogP contribution is 2.42. The third kappa shape index (κ3) is 3.45. The SMILES string of the molecule is O=C(O)C1=Cc2cc(Cl)c(Oc3ccccc3F)cc2OC1C(F)(F)F. The zero-order chi connectivity index (χ0) is 19.1. The van der Waals surface area contributed by atoms with E-state index in [4.69, 9.17) is 26.2 Å². The Morgan fingerprint density at radius 2 is 1.88 bits per heavy atom. The molecule has 1 unspecified atom stereocenters. The number of para-hydroxylation sites is 1. The summed E-state index contributed by atoms with van der Waals surface area (Å²) < 4.78 is 63.1. The summed E-state index contributed by atoms with van der Waals surface area (Å²) in [6.07, 6.45) is -6.75. The minimum absolute atomic E-state index is 0.0359. The maximum Gasteiger partial charge on any atom is 0.430 e. The molecule has 0 bridgehead atoms. The number of rotatable bonds is 3. The van der Waals surface area contributed by atoms with Crippen LogP contribution in [0.4, 0.5) is 17.6 Å². The molecule has 0 radical (unpaired) electrons. The average Bonchev–Trinajstić information content (AvgIpc) is 2.55. The molecule has 1 aliphatic heterocycles. The van der Waals surface area contributed by atoms with Crippen molar-refractivity contribution in [2.24, 2.45) is 0 Å². The Hall–Kier alpha value is -2.74. The molecule has 4 nitrogen and oxygen atoms in total. The summed E-state index contributed by atoms with van der Waals surface area (Å²) in [4.78, 5) is 11.1. The predicted molar refractivity (Wildman–Crippen MR) is 84.0 cm³/mol. The van der Waals surface area contributed by atoms with Gasteiger partial charge in [-0.05, 0) is 24.3 Å². The van der Waals surface area contributed by atoms with Crippen LogP contribution in [0.2, 0.25) is 5.02 Å². The first-order chi connectivity index (χ1) is 12.2.